The van der Waals surface area contributed by atoms with Gasteiger partial charge >= 0.3 is 0 Å². The van der Waals surface area contributed by atoms with Crippen LogP contribution in [0.1, 0.15) is 24.2 Å². The molecule has 0 radical (unpaired) electrons. The normalized spacial score (nSPS) is 12.2. The van der Waals surface area contributed by atoms with Crippen molar-refractivity contribution in [2.45, 2.75) is 19.6 Å². The second-order valence-electron chi connectivity index (χ2n) is 4.16. The molecular formula is C15H15BrO2. The highest BCUT2D eigenvalue weighted by molar-refractivity contribution is 9.10. The molecule has 18 heavy (non-hydrogen) atoms. The lowest BCUT2D eigenvalue weighted by atomic mass is 10.1. The minimum absolute atomic E-state index is 0.471. The first-order valence-corrected chi connectivity index (χ1v) is 6.60. The summed E-state index contributed by atoms with van der Waals surface area (Å²) in [5.74, 6) is 0.774. The van der Waals surface area contributed by atoms with E-state index in [1.807, 2.05) is 48.5 Å². The summed E-state index contributed by atoms with van der Waals surface area (Å²) in [5, 5.41) is 9.50. The van der Waals surface area contributed by atoms with Gasteiger partial charge < -0.3 is 9.84 Å². The van der Waals surface area contributed by atoms with E-state index in [0.717, 1.165) is 21.3 Å². The highest BCUT2D eigenvalue weighted by Gasteiger charge is 2.02. The molecule has 0 amide bonds. The maximum absolute atomic E-state index is 9.50. The van der Waals surface area contributed by atoms with Crippen molar-refractivity contribution < 1.29 is 9.84 Å². The Morgan fingerprint density at radius 1 is 1.17 bits per heavy atom. The van der Waals surface area contributed by atoms with Crippen LogP contribution in [-0.4, -0.2) is 5.11 Å². The van der Waals surface area contributed by atoms with E-state index in [0.29, 0.717) is 6.61 Å². The fraction of sp³-hybridized carbons (Fsp3) is 0.200. The van der Waals surface area contributed by atoms with Crippen molar-refractivity contribution in [2.75, 3.05) is 0 Å². The van der Waals surface area contributed by atoms with Crippen LogP contribution >= 0.6 is 15.9 Å². The third kappa shape index (κ3) is 3.59. The summed E-state index contributed by atoms with van der Waals surface area (Å²) in [6.07, 6.45) is -0.471. The quantitative estimate of drug-likeness (QED) is 0.922. The van der Waals surface area contributed by atoms with Crippen LogP contribution in [0.5, 0.6) is 5.75 Å². The molecule has 1 N–H and O–H groups in total. The number of ether oxygens (including phenoxy) is 1. The molecule has 94 valence electrons. The second-order valence-corrected chi connectivity index (χ2v) is 5.08. The molecule has 3 heteroatoms. The first kappa shape index (κ1) is 13.1. The first-order chi connectivity index (χ1) is 8.65. The number of rotatable bonds is 4. The fourth-order valence-electron chi connectivity index (χ4n) is 1.61. The Morgan fingerprint density at radius 2 is 1.89 bits per heavy atom. The molecular weight excluding hydrogens is 292 g/mol. The van der Waals surface area contributed by atoms with Gasteiger partial charge in [-0.25, -0.2) is 0 Å². The predicted octanol–water partition coefficient (Wildman–Crippen LogP) is 4.08. The minimum atomic E-state index is -0.471. The SMILES string of the molecule is C[C@H](O)c1cccc(OCc2ccc(Br)cc2)c1. The lowest BCUT2D eigenvalue weighted by Gasteiger charge is -2.09. The van der Waals surface area contributed by atoms with E-state index < -0.39 is 6.10 Å². The lowest BCUT2D eigenvalue weighted by molar-refractivity contribution is 0.198. The fourth-order valence-corrected chi connectivity index (χ4v) is 1.88. The Morgan fingerprint density at radius 3 is 2.56 bits per heavy atom. The number of hydrogen-bond donors (Lipinski definition) is 1. The Labute approximate surface area is 115 Å². The molecule has 0 fully saturated rings. The average Bonchev–Trinajstić information content (AvgIpc) is 2.38. The average molecular weight is 307 g/mol. The van der Waals surface area contributed by atoms with Gasteiger partial charge in [0.2, 0.25) is 0 Å². The molecule has 2 aromatic rings. The van der Waals surface area contributed by atoms with Crippen LogP contribution in [0.25, 0.3) is 0 Å². The molecule has 1 atom stereocenters. The van der Waals surface area contributed by atoms with Crippen molar-refractivity contribution in [2.24, 2.45) is 0 Å². The largest absolute Gasteiger partial charge is 0.489 e. The number of hydrogen-bond acceptors (Lipinski definition) is 2. The Hall–Kier alpha value is -1.32. The highest BCUT2D eigenvalue weighted by atomic mass is 79.9. The van der Waals surface area contributed by atoms with Crippen LogP contribution in [0.4, 0.5) is 0 Å². The van der Waals surface area contributed by atoms with E-state index >= 15 is 0 Å². The number of halogens is 1. The van der Waals surface area contributed by atoms with Gasteiger partial charge in [0.25, 0.3) is 0 Å². The number of aliphatic hydroxyl groups excluding tert-OH is 1. The van der Waals surface area contributed by atoms with Crippen LogP contribution in [-0.2, 0) is 6.61 Å². The molecule has 0 saturated heterocycles. The van der Waals surface area contributed by atoms with Gasteiger partial charge in [-0.1, -0.05) is 40.2 Å². The maximum Gasteiger partial charge on any atom is 0.120 e. The number of benzene rings is 2. The van der Waals surface area contributed by atoms with E-state index in [1.54, 1.807) is 6.92 Å². The standard InChI is InChI=1S/C15H15BrO2/c1-11(17)13-3-2-4-15(9-13)18-10-12-5-7-14(16)8-6-12/h2-9,11,17H,10H2,1H3/t11-/m0/s1. The number of aliphatic hydroxyl groups is 1. The van der Waals surface area contributed by atoms with Crippen molar-refractivity contribution in [3.8, 4) is 5.75 Å². The van der Waals surface area contributed by atoms with Crippen molar-refractivity contribution in [1.29, 1.82) is 0 Å². The van der Waals surface area contributed by atoms with Crippen LogP contribution in [0.2, 0.25) is 0 Å². The van der Waals surface area contributed by atoms with Gasteiger partial charge in [-0.2, -0.15) is 0 Å². The molecule has 0 aliphatic rings. The molecule has 2 aromatic carbocycles. The molecule has 0 aromatic heterocycles. The van der Waals surface area contributed by atoms with E-state index in [2.05, 4.69) is 15.9 Å². The van der Waals surface area contributed by atoms with Gasteiger partial charge in [-0.05, 0) is 42.3 Å². The summed E-state index contributed by atoms with van der Waals surface area (Å²) in [4.78, 5) is 0. The molecule has 2 rings (SSSR count). The Bertz CT molecular complexity index is 506. The third-order valence-electron chi connectivity index (χ3n) is 2.66. The van der Waals surface area contributed by atoms with E-state index in [1.165, 1.54) is 0 Å². The van der Waals surface area contributed by atoms with Crippen molar-refractivity contribution in [1.82, 2.24) is 0 Å². The van der Waals surface area contributed by atoms with E-state index in [4.69, 9.17) is 4.74 Å². The summed E-state index contributed by atoms with van der Waals surface area (Å²) in [6.45, 7) is 2.27. The second kappa shape index (κ2) is 6.03. The summed E-state index contributed by atoms with van der Waals surface area (Å²) in [5.41, 5.74) is 1.98. The zero-order valence-corrected chi connectivity index (χ0v) is 11.7. The molecule has 0 heterocycles. The van der Waals surface area contributed by atoms with Gasteiger partial charge in [0.1, 0.15) is 12.4 Å². The molecule has 0 bridgehead atoms. The zero-order chi connectivity index (χ0) is 13.0. The Kier molecular flexibility index (Phi) is 4.39. The third-order valence-corrected chi connectivity index (χ3v) is 3.19. The van der Waals surface area contributed by atoms with Crippen LogP contribution in [0, 0.1) is 0 Å². The summed E-state index contributed by atoms with van der Waals surface area (Å²) < 4.78 is 6.75. The van der Waals surface area contributed by atoms with Gasteiger partial charge in [-0.3, -0.25) is 0 Å². The maximum atomic E-state index is 9.50. The molecule has 2 nitrogen and oxygen atoms in total. The van der Waals surface area contributed by atoms with Crippen molar-refractivity contribution >= 4 is 15.9 Å². The molecule has 0 saturated carbocycles. The van der Waals surface area contributed by atoms with Gasteiger partial charge in [-0.15, -0.1) is 0 Å². The zero-order valence-electron chi connectivity index (χ0n) is 10.1. The van der Waals surface area contributed by atoms with E-state index in [9.17, 15) is 5.11 Å². The molecule has 0 aliphatic carbocycles. The topological polar surface area (TPSA) is 29.5 Å². The monoisotopic (exact) mass is 306 g/mol. The molecule has 0 unspecified atom stereocenters. The summed E-state index contributed by atoms with van der Waals surface area (Å²) >= 11 is 3.40. The van der Waals surface area contributed by atoms with Gasteiger partial charge in [0, 0.05) is 4.47 Å². The predicted molar refractivity (Wildman–Crippen MR) is 75.5 cm³/mol. The summed E-state index contributed by atoms with van der Waals surface area (Å²) in [7, 11) is 0. The smallest absolute Gasteiger partial charge is 0.120 e. The lowest BCUT2D eigenvalue weighted by Crippen LogP contribution is -1.97. The van der Waals surface area contributed by atoms with Crippen LogP contribution < -0.4 is 4.74 Å². The molecule has 0 spiro atoms. The van der Waals surface area contributed by atoms with Crippen molar-refractivity contribution in [3.05, 3.63) is 64.1 Å². The van der Waals surface area contributed by atoms with Crippen LogP contribution in [0.3, 0.4) is 0 Å². The van der Waals surface area contributed by atoms with Gasteiger partial charge in [0.05, 0.1) is 6.10 Å². The Balaban J connectivity index is 2.01. The van der Waals surface area contributed by atoms with Crippen molar-refractivity contribution in [3.63, 3.8) is 0 Å². The molecule has 0 aliphatic heterocycles. The minimum Gasteiger partial charge on any atom is -0.489 e. The van der Waals surface area contributed by atoms with Gasteiger partial charge in [0.15, 0.2) is 0 Å². The van der Waals surface area contributed by atoms with E-state index in [-0.39, 0.29) is 0 Å². The summed E-state index contributed by atoms with van der Waals surface area (Å²) in [6, 6.07) is 15.5. The first-order valence-electron chi connectivity index (χ1n) is 5.80. The highest BCUT2D eigenvalue weighted by Crippen LogP contribution is 2.20. The van der Waals surface area contributed by atoms with Crippen LogP contribution in [0.15, 0.2) is 53.0 Å².